The largest absolute Gasteiger partial charge is 1.00 e. The molecule has 0 spiro atoms. The van der Waals surface area contributed by atoms with Crippen molar-refractivity contribution >= 4 is 46.0 Å². The summed E-state index contributed by atoms with van der Waals surface area (Å²) < 4.78 is 98.7. The quantitative estimate of drug-likeness (QED) is 0.328. The molecule has 1 rings (SSSR count). The Morgan fingerprint density at radius 2 is 1.59 bits per heavy atom. The third kappa shape index (κ3) is 4.29. The summed E-state index contributed by atoms with van der Waals surface area (Å²) in [5.74, 6) is -6.15. The maximum absolute atomic E-state index is 13.4. The first-order valence-corrected chi connectivity index (χ1v) is 7.34. The van der Waals surface area contributed by atoms with Gasteiger partial charge in [0.25, 0.3) is 0 Å². The van der Waals surface area contributed by atoms with E-state index in [9.17, 15) is 35.1 Å². The Morgan fingerprint density at radius 1 is 1.09 bits per heavy atom. The van der Waals surface area contributed by atoms with Crippen LogP contribution in [0.2, 0.25) is 10.0 Å². The van der Waals surface area contributed by atoms with Gasteiger partial charge in [-0.05, 0) is 30.0 Å². The van der Waals surface area contributed by atoms with E-state index in [4.69, 9.17) is 23.2 Å². The Bertz CT molecular complexity index is 575. The van der Waals surface area contributed by atoms with Gasteiger partial charge in [0.2, 0.25) is 0 Å². The molecule has 120 valence electrons. The zero-order valence-corrected chi connectivity index (χ0v) is 13.5. The number of hydrogen-bond acceptors (Lipinski definition) is 3. The first kappa shape index (κ1) is 22.4. The summed E-state index contributed by atoms with van der Waals surface area (Å²) in [5.41, 5.74) is 0. The molecule has 0 fully saturated rings. The fourth-order valence-electron chi connectivity index (χ4n) is 1.03. The first-order chi connectivity index (χ1) is 9.33. The van der Waals surface area contributed by atoms with Gasteiger partial charge in [0.05, 0.1) is 5.02 Å². The molecule has 13 heteroatoms. The van der Waals surface area contributed by atoms with E-state index in [1.807, 2.05) is 0 Å². The van der Waals surface area contributed by atoms with Crippen LogP contribution in [-0.4, -0.2) is 25.2 Å². The number of halogens is 8. The Hall–Kier alpha value is 0.437. The third-order valence-electron chi connectivity index (χ3n) is 2.07. The first-order valence-electron chi connectivity index (χ1n) is 4.70. The van der Waals surface area contributed by atoms with Crippen LogP contribution in [0.5, 0.6) is 0 Å². The van der Waals surface area contributed by atoms with Gasteiger partial charge < -0.3 is 4.55 Å². The molecule has 1 unspecified atom stereocenters. The van der Waals surface area contributed by atoms with Crippen molar-refractivity contribution in [3.63, 3.8) is 0 Å². The second-order valence-corrected chi connectivity index (χ2v) is 6.50. The average Bonchev–Trinajstić information content (AvgIpc) is 2.32. The van der Waals surface area contributed by atoms with Crippen LogP contribution in [0.25, 0.3) is 0 Å². The molecule has 0 saturated carbocycles. The van der Waals surface area contributed by atoms with E-state index in [0.717, 1.165) is 18.2 Å². The second kappa shape index (κ2) is 7.55. The Morgan fingerprint density at radius 3 is 2.00 bits per heavy atom. The van der Waals surface area contributed by atoms with E-state index in [-0.39, 0.29) is 23.9 Å². The number of rotatable bonds is 5. The zero-order chi connectivity index (χ0) is 16.6. The molecular formula is C9H3Cl2F6LiO2S2. The van der Waals surface area contributed by atoms with Crippen LogP contribution in [0.15, 0.2) is 23.1 Å². The van der Waals surface area contributed by atoms with Crippen LogP contribution in [0.1, 0.15) is 0 Å². The molecule has 0 bridgehead atoms. The summed E-state index contributed by atoms with van der Waals surface area (Å²) >= 11 is 5.20. The summed E-state index contributed by atoms with van der Waals surface area (Å²) in [6.45, 7) is 0. The fraction of sp³-hybridized carbons (Fsp3) is 0.333. The number of benzene rings is 1. The number of thioether (sulfide) groups is 1. The smallest absolute Gasteiger partial charge is 0.768 e. The second-order valence-electron chi connectivity index (χ2n) is 3.52. The maximum Gasteiger partial charge on any atom is 1.00 e. The van der Waals surface area contributed by atoms with Gasteiger partial charge in [-0.15, -0.1) is 0 Å². The summed E-state index contributed by atoms with van der Waals surface area (Å²) in [6, 6.07) is 2.77. The third-order valence-corrected chi connectivity index (χ3v) is 4.50. The van der Waals surface area contributed by atoms with E-state index in [1.54, 1.807) is 0 Å². The van der Waals surface area contributed by atoms with Gasteiger partial charge in [-0.1, -0.05) is 23.2 Å². The topological polar surface area (TPSA) is 40.1 Å². The number of hydrogen-bond donors (Lipinski definition) is 0. The number of alkyl halides is 6. The molecule has 2 nitrogen and oxygen atoms in total. The molecule has 1 aromatic rings. The Labute approximate surface area is 149 Å². The molecule has 1 aromatic carbocycles. The molecule has 0 heterocycles. The van der Waals surface area contributed by atoms with Crippen LogP contribution in [0, 0.1) is 0 Å². The minimum absolute atomic E-state index is 0. The average molecular weight is 399 g/mol. The van der Waals surface area contributed by atoms with Crippen LogP contribution >= 0.6 is 35.0 Å². The van der Waals surface area contributed by atoms with E-state index in [2.05, 4.69) is 0 Å². The molecule has 0 radical (unpaired) electrons. The van der Waals surface area contributed by atoms with Crippen molar-refractivity contribution in [1.82, 2.24) is 0 Å². The maximum atomic E-state index is 13.4. The van der Waals surface area contributed by atoms with Crippen LogP contribution in [0.3, 0.4) is 0 Å². The molecular weight excluding hydrogens is 396 g/mol. The van der Waals surface area contributed by atoms with E-state index >= 15 is 0 Å². The van der Waals surface area contributed by atoms with E-state index in [1.165, 1.54) is 0 Å². The minimum Gasteiger partial charge on any atom is -0.768 e. The van der Waals surface area contributed by atoms with Crippen LogP contribution < -0.4 is 18.9 Å². The molecule has 0 aromatic heterocycles. The van der Waals surface area contributed by atoms with Crippen molar-refractivity contribution in [2.45, 2.75) is 21.3 Å². The molecule has 1 atom stereocenters. The normalized spacial score (nSPS) is 14.4. The van der Waals surface area contributed by atoms with Crippen molar-refractivity contribution < 1.29 is 54.0 Å². The van der Waals surface area contributed by atoms with Crippen molar-refractivity contribution in [1.29, 1.82) is 0 Å². The zero-order valence-electron chi connectivity index (χ0n) is 10.4. The van der Waals surface area contributed by atoms with Crippen molar-refractivity contribution in [2.75, 3.05) is 0 Å². The van der Waals surface area contributed by atoms with Crippen LogP contribution in [0.4, 0.5) is 26.3 Å². The van der Waals surface area contributed by atoms with Gasteiger partial charge in [0.15, 0.2) is 0 Å². The van der Waals surface area contributed by atoms with Crippen molar-refractivity contribution in [3.8, 4) is 0 Å². The Balaban J connectivity index is 0.00000441. The molecule has 0 aliphatic carbocycles. The minimum atomic E-state index is -6.15. The molecule has 0 aliphatic rings. The molecule has 0 N–H and O–H groups in total. The van der Waals surface area contributed by atoms with Gasteiger partial charge in [-0.2, -0.15) is 26.3 Å². The van der Waals surface area contributed by atoms with Crippen molar-refractivity contribution in [3.05, 3.63) is 28.2 Å². The summed E-state index contributed by atoms with van der Waals surface area (Å²) in [4.78, 5) is -0.668. The van der Waals surface area contributed by atoms with Crippen LogP contribution in [-0.2, 0) is 11.1 Å². The van der Waals surface area contributed by atoms with E-state index < -0.39 is 49.2 Å². The summed E-state index contributed by atoms with van der Waals surface area (Å²) in [6.07, 6.45) is 0. The molecule has 0 amide bonds. The van der Waals surface area contributed by atoms with Gasteiger partial charge in [0, 0.05) is 21.0 Å². The Kier molecular flexibility index (Phi) is 7.70. The van der Waals surface area contributed by atoms with Crippen molar-refractivity contribution in [2.24, 2.45) is 0 Å². The summed E-state index contributed by atoms with van der Waals surface area (Å²) in [5, 5.41) is -11.9. The van der Waals surface area contributed by atoms with Gasteiger partial charge in [-0.25, -0.2) is 0 Å². The predicted octanol–water partition coefficient (Wildman–Crippen LogP) is 1.79. The van der Waals surface area contributed by atoms with E-state index in [0.29, 0.717) is 0 Å². The van der Waals surface area contributed by atoms with Gasteiger partial charge in [-0.3, -0.25) is 4.21 Å². The molecule has 0 aliphatic heterocycles. The van der Waals surface area contributed by atoms with Gasteiger partial charge >= 0.3 is 35.3 Å². The predicted molar refractivity (Wildman–Crippen MR) is 66.1 cm³/mol. The molecule has 22 heavy (non-hydrogen) atoms. The summed E-state index contributed by atoms with van der Waals surface area (Å²) in [7, 11) is 0. The molecule has 0 saturated heterocycles. The monoisotopic (exact) mass is 398 g/mol. The fourth-order valence-corrected chi connectivity index (χ4v) is 2.79. The standard InChI is InChI=1S/C9H4Cl2F6O2S2.Li/c10-4-1-2-6(5(11)3-4)20-8(14,15)7(12,13)9(16,17)21(18)19;/h1-3H,(H,18,19);/q;+1/p-1. The van der Waals surface area contributed by atoms with Gasteiger partial charge in [0.1, 0.15) is 0 Å². The SMILES string of the molecule is O=S([O-])C(F)(F)C(F)(F)C(F)(F)Sc1ccc(Cl)cc1Cl.[Li+].